The summed E-state index contributed by atoms with van der Waals surface area (Å²) in [6, 6.07) is 0. The molecule has 3 aliphatic rings. The van der Waals surface area contributed by atoms with Crippen molar-refractivity contribution < 1.29 is 24.5 Å². The third kappa shape index (κ3) is 5.35. The Labute approximate surface area is 181 Å². The van der Waals surface area contributed by atoms with Crippen molar-refractivity contribution in [1.29, 1.82) is 0 Å². The number of aliphatic hydroxyl groups is 2. The molecule has 2 N–H and O–H groups in total. The van der Waals surface area contributed by atoms with Crippen molar-refractivity contribution in [3.05, 3.63) is 23.8 Å². The molecule has 1 heterocycles. The van der Waals surface area contributed by atoms with Crippen LogP contribution in [0.4, 0.5) is 0 Å². The summed E-state index contributed by atoms with van der Waals surface area (Å²) in [5, 5.41) is 20.7. The molecule has 0 saturated carbocycles. The number of hydrogen-bond acceptors (Lipinski definition) is 5. The summed E-state index contributed by atoms with van der Waals surface area (Å²) in [6.45, 7) is 10.6. The number of rotatable bonds is 7. The molecule has 0 aromatic heterocycles. The van der Waals surface area contributed by atoms with Crippen molar-refractivity contribution in [2.75, 3.05) is 0 Å². The normalized spacial score (nSPS) is 37.9. The molecule has 30 heavy (non-hydrogen) atoms. The first-order valence-corrected chi connectivity index (χ1v) is 11.7. The van der Waals surface area contributed by atoms with Crippen molar-refractivity contribution in [2.45, 2.75) is 97.7 Å². The van der Waals surface area contributed by atoms with Crippen LogP contribution >= 0.6 is 0 Å². The molecule has 3 rings (SSSR count). The summed E-state index contributed by atoms with van der Waals surface area (Å²) < 4.78 is 11.8. The molecule has 0 radical (unpaired) electrons. The van der Waals surface area contributed by atoms with Gasteiger partial charge in [-0.25, -0.2) is 0 Å². The van der Waals surface area contributed by atoms with E-state index in [4.69, 9.17) is 9.47 Å². The first kappa shape index (κ1) is 23.5. The van der Waals surface area contributed by atoms with Gasteiger partial charge in [-0.3, -0.25) is 4.79 Å². The van der Waals surface area contributed by atoms with Crippen molar-refractivity contribution in [1.82, 2.24) is 0 Å². The second-order valence-electron chi connectivity index (χ2n) is 10.4. The fourth-order valence-electron chi connectivity index (χ4n) is 5.18. The summed E-state index contributed by atoms with van der Waals surface area (Å²) in [6.07, 6.45) is 9.26. The minimum absolute atomic E-state index is 0.0299. The number of ether oxygens (including phenoxy) is 2. The van der Waals surface area contributed by atoms with Crippen LogP contribution in [0.15, 0.2) is 23.8 Å². The lowest BCUT2D eigenvalue weighted by molar-refractivity contribution is -0.210. The van der Waals surface area contributed by atoms with E-state index in [9.17, 15) is 15.0 Å². The first-order chi connectivity index (χ1) is 14.1. The minimum Gasteiger partial charge on any atom is -0.462 e. The zero-order valence-corrected chi connectivity index (χ0v) is 19.2. The van der Waals surface area contributed by atoms with Crippen LogP contribution in [0.1, 0.15) is 73.1 Å². The van der Waals surface area contributed by atoms with E-state index in [1.807, 2.05) is 13.8 Å². The molecule has 2 aliphatic carbocycles. The summed E-state index contributed by atoms with van der Waals surface area (Å²) in [5.74, 6) is 1.08. The van der Waals surface area contributed by atoms with Crippen LogP contribution in [0, 0.1) is 29.1 Å². The Morgan fingerprint density at radius 2 is 2.00 bits per heavy atom. The largest absolute Gasteiger partial charge is 0.462 e. The second-order valence-corrected chi connectivity index (χ2v) is 10.4. The molecule has 5 heteroatoms. The van der Waals surface area contributed by atoms with Gasteiger partial charge in [-0.05, 0) is 49.0 Å². The topological polar surface area (TPSA) is 76.0 Å². The molecular formula is C25H40O5. The number of allylic oxidation sites excluding steroid dienone is 3. The zero-order chi connectivity index (χ0) is 22.1. The van der Waals surface area contributed by atoms with E-state index in [-0.39, 0.29) is 35.9 Å². The molecule has 1 aliphatic heterocycles. The van der Waals surface area contributed by atoms with Gasteiger partial charge < -0.3 is 19.7 Å². The average Bonchev–Trinajstić information content (AvgIpc) is 2.66. The Bertz CT molecular complexity index is 666. The lowest BCUT2D eigenvalue weighted by atomic mass is 9.65. The number of fused-ring (bicyclic) bond motifs is 1. The van der Waals surface area contributed by atoms with Gasteiger partial charge in [-0.15, -0.1) is 0 Å². The highest BCUT2D eigenvalue weighted by atomic mass is 16.6. The highest BCUT2D eigenvalue weighted by molar-refractivity contribution is 5.70. The van der Waals surface area contributed by atoms with E-state index in [0.29, 0.717) is 24.2 Å². The summed E-state index contributed by atoms with van der Waals surface area (Å²) >= 11 is 0. The maximum Gasteiger partial charge on any atom is 0.308 e. The third-order valence-corrected chi connectivity index (χ3v) is 7.54. The van der Waals surface area contributed by atoms with Crippen molar-refractivity contribution in [3.63, 3.8) is 0 Å². The van der Waals surface area contributed by atoms with Gasteiger partial charge in [0.15, 0.2) is 6.29 Å². The molecule has 1 unspecified atom stereocenters. The molecule has 170 valence electrons. The molecule has 1 saturated heterocycles. The lowest BCUT2D eigenvalue weighted by Gasteiger charge is -2.45. The van der Waals surface area contributed by atoms with Crippen LogP contribution in [-0.4, -0.2) is 40.8 Å². The first-order valence-electron chi connectivity index (χ1n) is 11.7. The fraction of sp³-hybridized carbons (Fsp3) is 0.800. The predicted octanol–water partition coefficient (Wildman–Crippen LogP) is 4.38. The summed E-state index contributed by atoms with van der Waals surface area (Å²) in [5.41, 5.74) is 1.02. The van der Waals surface area contributed by atoms with Gasteiger partial charge >= 0.3 is 5.97 Å². The Morgan fingerprint density at radius 3 is 2.67 bits per heavy atom. The molecule has 0 aromatic carbocycles. The van der Waals surface area contributed by atoms with Crippen molar-refractivity contribution >= 4 is 5.97 Å². The summed E-state index contributed by atoms with van der Waals surface area (Å²) in [4.78, 5) is 11.7. The Morgan fingerprint density at radius 1 is 1.27 bits per heavy atom. The third-order valence-electron chi connectivity index (χ3n) is 7.54. The zero-order valence-electron chi connectivity index (χ0n) is 19.2. The van der Waals surface area contributed by atoms with Crippen LogP contribution in [0.25, 0.3) is 0 Å². The van der Waals surface area contributed by atoms with Gasteiger partial charge in [0.2, 0.25) is 0 Å². The number of carbonyl (C=O) groups is 1. The minimum atomic E-state index is -0.796. The quantitative estimate of drug-likeness (QED) is 0.472. The van der Waals surface area contributed by atoms with Crippen molar-refractivity contribution in [3.8, 4) is 0 Å². The monoisotopic (exact) mass is 420 g/mol. The van der Waals surface area contributed by atoms with Gasteiger partial charge in [-0.1, -0.05) is 52.8 Å². The van der Waals surface area contributed by atoms with Crippen LogP contribution in [-0.2, 0) is 14.3 Å². The molecule has 5 nitrogen and oxygen atoms in total. The van der Waals surface area contributed by atoms with Crippen LogP contribution in [0.5, 0.6) is 0 Å². The smallest absolute Gasteiger partial charge is 0.308 e. The van der Waals surface area contributed by atoms with E-state index < -0.39 is 12.4 Å². The Hall–Kier alpha value is -1.17. The van der Waals surface area contributed by atoms with Crippen molar-refractivity contribution in [2.24, 2.45) is 29.1 Å². The number of hydrogen-bond donors (Lipinski definition) is 2. The van der Waals surface area contributed by atoms with Gasteiger partial charge in [0, 0.05) is 17.8 Å². The molecule has 1 fully saturated rings. The summed E-state index contributed by atoms with van der Waals surface area (Å²) in [7, 11) is 0. The van der Waals surface area contributed by atoms with Gasteiger partial charge in [0.05, 0.1) is 18.6 Å². The molecule has 0 amide bonds. The van der Waals surface area contributed by atoms with E-state index in [1.165, 1.54) is 5.57 Å². The maximum absolute atomic E-state index is 11.7. The molecule has 0 bridgehead atoms. The number of cyclic esters (lactones) is 1. The SMILES string of the molecule is CCC(C)(C)C(O)O[C@H]1C[C@@H](C)C=C2C=C[C@H](C)[C@H](CC[C@@H]3C[C@@H](O)CC(=O)O3)[C@H]21. The fourth-order valence-corrected chi connectivity index (χ4v) is 5.18. The van der Waals surface area contributed by atoms with E-state index >= 15 is 0 Å². The predicted molar refractivity (Wildman–Crippen MR) is 116 cm³/mol. The van der Waals surface area contributed by atoms with Gasteiger partial charge in [0.1, 0.15) is 6.10 Å². The Kier molecular flexibility index (Phi) is 7.47. The molecule has 0 aromatic rings. The molecule has 8 atom stereocenters. The van der Waals surface area contributed by atoms with Crippen LogP contribution in [0.2, 0.25) is 0 Å². The number of carbonyl (C=O) groups excluding carboxylic acids is 1. The van der Waals surface area contributed by atoms with Crippen LogP contribution in [0.3, 0.4) is 0 Å². The van der Waals surface area contributed by atoms with E-state index in [1.54, 1.807) is 0 Å². The van der Waals surface area contributed by atoms with E-state index in [0.717, 1.165) is 25.7 Å². The number of aliphatic hydroxyl groups excluding tert-OH is 2. The average molecular weight is 421 g/mol. The molecule has 0 spiro atoms. The standard InChI is InChI=1S/C25H40O5/c1-6-25(4,5)24(28)30-21-12-15(2)11-17-8-7-16(3)20(23(17)21)10-9-19-13-18(26)14-22(27)29-19/h7-8,11,15-16,18-21,23-24,26,28H,6,9-10,12-14H2,1-5H3/t15-,16-,18+,19+,20-,21-,23-,24?/m0/s1. The van der Waals surface area contributed by atoms with Gasteiger partial charge in [0.25, 0.3) is 0 Å². The van der Waals surface area contributed by atoms with Gasteiger partial charge in [-0.2, -0.15) is 0 Å². The highest BCUT2D eigenvalue weighted by Crippen LogP contribution is 2.46. The maximum atomic E-state index is 11.7. The molecular weight excluding hydrogens is 380 g/mol. The highest BCUT2D eigenvalue weighted by Gasteiger charge is 2.42. The van der Waals surface area contributed by atoms with E-state index in [2.05, 4.69) is 39.0 Å². The second kappa shape index (κ2) is 9.54. The van der Waals surface area contributed by atoms with Crippen LogP contribution < -0.4 is 0 Å². The number of esters is 1. The Balaban J connectivity index is 1.75. The lowest BCUT2D eigenvalue weighted by Crippen LogP contribution is -2.44.